The van der Waals surface area contributed by atoms with Gasteiger partial charge >= 0.3 is 0 Å². The summed E-state index contributed by atoms with van der Waals surface area (Å²) < 4.78 is 1.77. The molecular weight excluding hydrogens is 176 g/mol. The lowest BCUT2D eigenvalue weighted by molar-refractivity contribution is 0.687. The highest BCUT2D eigenvalue weighted by molar-refractivity contribution is 5.31. The highest BCUT2D eigenvalue weighted by Crippen LogP contribution is 2.08. The van der Waals surface area contributed by atoms with Crippen LogP contribution in [0, 0.1) is 6.92 Å². The first-order valence-corrected chi connectivity index (χ1v) is 4.44. The standard InChI is InChI=1S/C10H12N4/c1-8-5-10(11)14(13-8)7-9-3-2-4-12-6-9/h2-6H,7,11H2,1H3. The fraction of sp³-hybridized carbons (Fsp3) is 0.200. The van der Waals surface area contributed by atoms with E-state index in [4.69, 9.17) is 5.73 Å². The van der Waals surface area contributed by atoms with E-state index in [0.29, 0.717) is 12.4 Å². The van der Waals surface area contributed by atoms with Crippen LogP contribution in [0.1, 0.15) is 11.3 Å². The molecule has 0 saturated heterocycles. The fourth-order valence-corrected chi connectivity index (χ4v) is 1.36. The molecule has 0 aromatic carbocycles. The molecule has 0 aliphatic rings. The lowest BCUT2D eigenvalue weighted by Crippen LogP contribution is -2.05. The van der Waals surface area contributed by atoms with E-state index in [2.05, 4.69) is 10.1 Å². The van der Waals surface area contributed by atoms with Gasteiger partial charge in [0.1, 0.15) is 5.82 Å². The molecule has 0 bridgehead atoms. The molecule has 14 heavy (non-hydrogen) atoms. The van der Waals surface area contributed by atoms with Crippen LogP contribution in [0.2, 0.25) is 0 Å². The molecular formula is C10H12N4. The summed E-state index contributed by atoms with van der Waals surface area (Å²) in [5, 5.41) is 4.27. The summed E-state index contributed by atoms with van der Waals surface area (Å²) in [7, 11) is 0. The second-order valence-corrected chi connectivity index (χ2v) is 3.23. The van der Waals surface area contributed by atoms with Crippen molar-refractivity contribution in [3.8, 4) is 0 Å². The molecule has 72 valence electrons. The number of aryl methyl sites for hydroxylation is 1. The van der Waals surface area contributed by atoms with Crippen LogP contribution in [-0.4, -0.2) is 14.8 Å². The number of hydrogen-bond acceptors (Lipinski definition) is 3. The van der Waals surface area contributed by atoms with Gasteiger partial charge in [0.25, 0.3) is 0 Å². The van der Waals surface area contributed by atoms with Gasteiger partial charge in [0.05, 0.1) is 12.2 Å². The number of anilines is 1. The van der Waals surface area contributed by atoms with Crippen molar-refractivity contribution in [3.63, 3.8) is 0 Å². The Balaban J connectivity index is 2.23. The zero-order valence-corrected chi connectivity index (χ0v) is 8.01. The van der Waals surface area contributed by atoms with Crippen molar-refractivity contribution in [2.45, 2.75) is 13.5 Å². The van der Waals surface area contributed by atoms with Gasteiger partial charge < -0.3 is 5.73 Å². The van der Waals surface area contributed by atoms with E-state index in [1.54, 1.807) is 10.9 Å². The molecule has 0 aliphatic carbocycles. The number of nitrogens with zero attached hydrogens (tertiary/aromatic N) is 3. The van der Waals surface area contributed by atoms with Crippen molar-refractivity contribution in [1.29, 1.82) is 0 Å². The molecule has 0 atom stereocenters. The number of pyridine rings is 1. The second-order valence-electron chi connectivity index (χ2n) is 3.23. The average Bonchev–Trinajstić information content (AvgIpc) is 2.47. The van der Waals surface area contributed by atoms with E-state index in [9.17, 15) is 0 Å². The van der Waals surface area contributed by atoms with Crippen molar-refractivity contribution in [2.75, 3.05) is 5.73 Å². The minimum absolute atomic E-state index is 0.674. The first-order chi connectivity index (χ1) is 6.75. The third-order valence-electron chi connectivity index (χ3n) is 1.99. The van der Waals surface area contributed by atoms with Crippen LogP contribution in [-0.2, 0) is 6.54 Å². The fourth-order valence-electron chi connectivity index (χ4n) is 1.36. The van der Waals surface area contributed by atoms with E-state index in [1.165, 1.54) is 0 Å². The van der Waals surface area contributed by atoms with Crippen LogP contribution in [0.15, 0.2) is 30.6 Å². The first kappa shape index (κ1) is 8.74. The van der Waals surface area contributed by atoms with E-state index in [1.807, 2.05) is 31.3 Å². The van der Waals surface area contributed by atoms with Gasteiger partial charge in [0, 0.05) is 18.5 Å². The van der Waals surface area contributed by atoms with E-state index >= 15 is 0 Å². The summed E-state index contributed by atoms with van der Waals surface area (Å²) in [5.41, 5.74) is 7.81. The lowest BCUT2D eigenvalue weighted by atomic mass is 10.3. The topological polar surface area (TPSA) is 56.7 Å². The predicted octanol–water partition coefficient (Wildman–Crippen LogP) is 1.22. The Hall–Kier alpha value is -1.84. The Morgan fingerprint density at radius 2 is 2.36 bits per heavy atom. The number of nitrogen functional groups attached to an aromatic ring is 1. The van der Waals surface area contributed by atoms with Crippen LogP contribution < -0.4 is 5.73 Å². The smallest absolute Gasteiger partial charge is 0.122 e. The Bertz CT molecular complexity index is 419. The van der Waals surface area contributed by atoms with Crippen molar-refractivity contribution in [2.24, 2.45) is 0 Å². The van der Waals surface area contributed by atoms with Crippen LogP contribution >= 0.6 is 0 Å². The summed E-state index contributed by atoms with van der Waals surface area (Å²) in [4.78, 5) is 4.04. The van der Waals surface area contributed by atoms with Crippen molar-refractivity contribution in [3.05, 3.63) is 41.9 Å². The molecule has 0 radical (unpaired) electrons. The minimum Gasteiger partial charge on any atom is -0.384 e. The number of aromatic nitrogens is 3. The SMILES string of the molecule is Cc1cc(N)n(Cc2cccnc2)n1. The summed E-state index contributed by atoms with van der Waals surface area (Å²) >= 11 is 0. The van der Waals surface area contributed by atoms with Gasteiger partial charge in [-0.15, -0.1) is 0 Å². The lowest BCUT2D eigenvalue weighted by Gasteiger charge is -2.02. The van der Waals surface area contributed by atoms with Gasteiger partial charge in [-0.3, -0.25) is 4.98 Å². The molecule has 2 aromatic rings. The third kappa shape index (κ3) is 1.74. The molecule has 2 aromatic heterocycles. The zero-order valence-electron chi connectivity index (χ0n) is 8.01. The van der Waals surface area contributed by atoms with E-state index in [-0.39, 0.29) is 0 Å². The average molecular weight is 188 g/mol. The molecule has 0 fully saturated rings. The number of rotatable bonds is 2. The summed E-state index contributed by atoms with van der Waals surface area (Å²) in [6.45, 7) is 2.60. The molecule has 0 aliphatic heterocycles. The molecule has 0 unspecified atom stereocenters. The van der Waals surface area contributed by atoms with Crippen LogP contribution in [0.4, 0.5) is 5.82 Å². The second kappa shape index (κ2) is 3.49. The predicted molar refractivity (Wildman–Crippen MR) is 54.7 cm³/mol. The third-order valence-corrected chi connectivity index (χ3v) is 1.99. The number of hydrogen-bond donors (Lipinski definition) is 1. The van der Waals surface area contributed by atoms with Gasteiger partial charge in [-0.05, 0) is 18.6 Å². The Morgan fingerprint density at radius 1 is 1.50 bits per heavy atom. The normalized spacial score (nSPS) is 10.4. The molecule has 2 heterocycles. The Morgan fingerprint density at radius 3 is 2.93 bits per heavy atom. The Labute approximate surface area is 82.4 Å². The van der Waals surface area contributed by atoms with Crippen LogP contribution in [0.25, 0.3) is 0 Å². The first-order valence-electron chi connectivity index (χ1n) is 4.44. The van der Waals surface area contributed by atoms with E-state index < -0.39 is 0 Å². The molecule has 4 nitrogen and oxygen atoms in total. The molecule has 0 saturated carbocycles. The molecule has 4 heteroatoms. The van der Waals surface area contributed by atoms with Gasteiger partial charge in [0.2, 0.25) is 0 Å². The summed E-state index contributed by atoms with van der Waals surface area (Å²) in [6, 6.07) is 5.77. The van der Waals surface area contributed by atoms with E-state index in [0.717, 1.165) is 11.3 Å². The quantitative estimate of drug-likeness (QED) is 0.770. The van der Waals surface area contributed by atoms with Gasteiger partial charge in [-0.1, -0.05) is 6.07 Å². The molecule has 0 spiro atoms. The van der Waals surface area contributed by atoms with Gasteiger partial charge in [-0.2, -0.15) is 5.10 Å². The molecule has 2 N–H and O–H groups in total. The largest absolute Gasteiger partial charge is 0.384 e. The number of nitrogens with two attached hydrogens (primary N) is 1. The maximum atomic E-state index is 5.77. The maximum Gasteiger partial charge on any atom is 0.122 e. The van der Waals surface area contributed by atoms with Crippen LogP contribution in [0.3, 0.4) is 0 Å². The summed E-state index contributed by atoms with van der Waals surface area (Å²) in [5.74, 6) is 0.686. The van der Waals surface area contributed by atoms with Crippen molar-refractivity contribution >= 4 is 5.82 Å². The van der Waals surface area contributed by atoms with Gasteiger partial charge in [-0.25, -0.2) is 4.68 Å². The molecule has 0 amide bonds. The van der Waals surface area contributed by atoms with Gasteiger partial charge in [0.15, 0.2) is 0 Å². The Kier molecular flexibility index (Phi) is 2.18. The molecule has 2 rings (SSSR count). The van der Waals surface area contributed by atoms with Crippen LogP contribution in [0.5, 0.6) is 0 Å². The maximum absolute atomic E-state index is 5.77. The summed E-state index contributed by atoms with van der Waals surface area (Å²) in [6.07, 6.45) is 3.57. The highest BCUT2D eigenvalue weighted by atomic mass is 15.3. The minimum atomic E-state index is 0.674. The van der Waals surface area contributed by atoms with Crippen molar-refractivity contribution in [1.82, 2.24) is 14.8 Å². The zero-order chi connectivity index (χ0) is 9.97. The van der Waals surface area contributed by atoms with Crippen molar-refractivity contribution < 1.29 is 0 Å². The highest BCUT2D eigenvalue weighted by Gasteiger charge is 2.01. The monoisotopic (exact) mass is 188 g/mol.